The average Bonchev–Trinajstić information content (AvgIpc) is 2.82. The lowest BCUT2D eigenvalue weighted by atomic mass is 10.1. The summed E-state index contributed by atoms with van der Waals surface area (Å²) in [5, 5.41) is 12.6. The van der Waals surface area contributed by atoms with E-state index in [0.717, 1.165) is 11.1 Å². The molecule has 0 aliphatic heterocycles. The van der Waals surface area contributed by atoms with Crippen molar-refractivity contribution in [1.82, 2.24) is 0 Å². The van der Waals surface area contributed by atoms with Crippen LogP contribution < -0.4 is 5.32 Å². The van der Waals surface area contributed by atoms with Gasteiger partial charge in [-0.05, 0) is 56.3 Å². The minimum Gasteiger partial charge on any atom is -0.478 e. The number of halogens is 2. The third kappa shape index (κ3) is 6.84. The van der Waals surface area contributed by atoms with Gasteiger partial charge in [-0.2, -0.15) is 0 Å². The van der Waals surface area contributed by atoms with Crippen molar-refractivity contribution in [2.24, 2.45) is 0 Å². The van der Waals surface area contributed by atoms with Gasteiger partial charge in [0.15, 0.2) is 0 Å². The highest BCUT2D eigenvalue weighted by Crippen LogP contribution is 2.26. The lowest BCUT2D eigenvalue weighted by Gasteiger charge is -2.24. The van der Waals surface area contributed by atoms with Gasteiger partial charge in [0.05, 0.1) is 21.8 Å². The van der Waals surface area contributed by atoms with E-state index in [0.29, 0.717) is 5.02 Å². The Labute approximate surface area is 216 Å². The van der Waals surface area contributed by atoms with Crippen LogP contribution in [0.2, 0.25) is 10.0 Å². The minimum atomic E-state index is -2.17. The Balaban J connectivity index is 1.94. The van der Waals surface area contributed by atoms with Gasteiger partial charge in [0, 0.05) is 5.02 Å². The Hall–Kier alpha value is -3.88. The topological polar surface area (TPSA) is 119 Å². The fraction of sp³-hybridized carbons (Fsp3) is 0.154. The first kappa shape index (κ1) is 26.7. The van der Waals surface area contributed by atoms with Gasteiger partial charge >= 0.3 is 17.9 Å². The van der Waals surface area contributed by atoms with E-state index in [9.17, 15) is 24.3 Å². The van der Waals surface area contributed by atoms with Crippen molar-refractivity contribution in [1.29, 1.82) is 0 Å². The Morgan fingerprint density at radius 2 is 1.31 bits per heavy atom. The van der Waals surface area contributed by atoms with E-state index in [-0.39, 0.29) is 21.8 Å². The quantitative estimate of drug-likeness (QED) is 0.390. The molecule has 0 spiro atoms. The zero-order valence-electron chi connectivity index (χ0n) is 19.2. The Morgan fingerprint density at radius 1 is 0.778 bits per heavy atom. The predicted molar refractivity (Wildman–Crippen MR) is 133 cm³/mol. The first-order valence-electron chi connectivity index (χ1n) is 10.6. The molecule has 0 saturated carbocycles. The molecule has 0 heterocycles. The largest absolute Gasteiger partial charge is 0.478 e. The van der Waals surface area contributed by atoms with Gasteiger partial charge in [0.1, 0.15) is 0 Å². The molecular formula is C26H21Cl2NO7. The zero-order valence-corrected chi connectivity index (χ0v) is 20.7. The summed E-state index contributed by atoms with van der Waals surface area (Å²) in [6, 6.07) is 16.7. The van der Waals surface area contributed by atoms with E-state index in [1.54, 1.807) is 38.1 Å². The van der Waals surface area contributed by atoms with Gasteiger partial charge in [-0.25, -0.2) is 14.4 Å². The van der Waals surface area contributed by atoms with Gasteiger partial charge in [-0.1, -0.05) is 58.6 Å². The van der Waals surface area contributed by atoms with Gasteiger partial charge in [0.2, 0.25) is 12.2 Å². The number of carboxylic acids is 1. The number of hydrogen-bond donors (Lipinski definition) is 2. The molecule has 0 aromatic heterocycles. The fourth-order valence-electron chi connectivity index (χ4n) is 3.20. The Kier molecular flexibility index (Phi) is 8.68. The van der Waals surface area contributed by atoms with Crippen molar-refractivity contribution < 1.29 is 33.8 Å². The van der Waals surface area contributed by atoms with E-state index in [4.69, 9.17) is 32.7 Å². The third-order valence-corrected chi connectivity index (χ3v) is 5.49. The van der Waals surface area contributed by atoms with Crippen molar-refractivity contribution in [2.75, 3.05) is 5.32 Å². The molecule has 186 valence electrons. The van der Waals surface area contributed by atoms with Gasteiger partial charge < -0.3 is 19.9 Å². The van der Waals surface area contributed by atoms with Gasteiger partial charge in [-0.15, -0.1) is 0 Å². The molecule has 0 radical (unpaired) electrons. The summed E-state index contributed by atoms with van der Waals surface area (Å²) in [6.07, 6.45) is -4.23. The first-order valence-corrected chi connectivity index (χ1v) is 11.3. The number of carbonyl (C=O) groups is 4. The lowest BCUT2D eigenvalue weighted by molar-refractivity contribution is -0.157. The standard InChI is InChI=1S/C26H21Cl2NO7/c1-14-5-3-7-16(11-14)25(33)35-21(23(30)29-20-10-9-18(27)13-19(20)28)22(24(31)32)36-26(34)17-8-4-6-15(2)12-17/h3-13,21-22H,1-2H3,(H,29,30)(H,31,32)/t21-,22-/m1/s1. The number of rotatable bonds is 8. The smallest absolute Gasteiger partial charge is 0.349 e. The Bertz CT molecular complexity index is 1330. The molecular weight excluding hydrogens is 509 g/mol. The van der Waals surface area contributed by atoms with Crippen molar-refractivity contribution in [3.8, 4) is 0 Å². The second-order valence-electron chi connectivity index (χ2n) is 7.84. The lowest BCUT2D eigenvalue weighted by Crippen LogP contribution is -2.48. The van der Waals surface area contributed by atoms with Crippen LogP contribution in [-0.2, 0) is 19.1 Å². The number of ether oxygens (including phenoxy) is 2. The molecule has 0 fully saturated rings. The van der Waals surface area contributed by atoms with Crippen LogP contribution >= 0.6 is 23.2 Å². The molecule has 0 bridgehead atoms. The van der Waals surface area contributed by atoms with Crippen LogP contribution in [0, 0.1) is 13.8 Å². The number of aryl methyl sites for hydroxylation is 2. The number of nitrogens with one attached hydrogen (secondary N) is 1. The summed E-state index contributed by atoms with van der Waals surface area (Å²) in [5.74, 6) is -4.78. The van der Waals surface area contributed by atoms with E-state index >= 15 is 0 Å². The molecule has 8 nitrogen and oxygen atoms in total. The highest BCUT2D eigenvalue weighted by Gasteiger charge is 2.41. The fourth-order valence-corrected chi connectivity index (χ4v) is 3.66. The summed E-state index contributed by atoms with van der Waals surface area (Å²) >= 11 is 12.0. The highest BCUT2D eigenvalue weighted by molar-refractivity contribution is 6.36. The zero-order chi connectivity index (χ0) is 26.4. The van der Waals surface area contributed by atoms with E-state index in [1.807, 2.05) is 0 Å². The molecule has 1 amide bonds. The van der Waals surface area contributed by atoms with E-state index < -0.39 is 36.0 Å². The van der Waals surface area contributed by atoms with Crippen LogP contribution in [0.1, 0.15) is 31.8 Å². The van der Waals surface area contributed by atoms with Crippen LogP contribution in [0.25, 0.3) is 0 Å². The first-order chi connectivity index (χ1) is 17.0. The number of esters is 2. The molecule has 0 unspecified atom stereocenters. The Morgan fingerprint density at radius 3 is 1.78 bits per heavy atom. The molecule has 0 saturated heterocycles. The average molecular weight is 530 g/mol. The number of carbonyl (C=O) groups excluding carboxylic acids is 3. The number of hydrogen-bond acceptors (Lipinski definition) is 6. The normalized spacial score (nSPS) is 12.2. The summed E-state index contributed by atoms with van der Waals surface area (Å²) in [7, 11) is 0. The maximum absolute atomic E-state index is 13.2. The molecule has 0 aliphatic rings. The maximum Gasteiger partial charge on any atom is 0.349 e. The van der Waals surface area contributed by atoms with Gasteiger partial charge in [-0.3, -0.25) is 4.79 Å². The molecule has 2 N–H and O–H groups in total. The molecule has 3 rings (SSSR count). The molecule has 36 heavy (non-hydrogen) atoms. The minimum absolute atomic E-state index is 0.0586. The van der Waals surface area contributed by atoms with Crippen molar-refractivity contribution in [3.63, 3.8) is 0 Å². The summed E-state index contributed by atoms with van der Waals surface area (Å²) in [4.78, 5) is 50.8. The molecule has 3 aromatic rings. The van der Waals surface area contributed by atoms with Crippen LogP contribution in [0.5, 0.6) is 0 Å². The van der Waals surface area contributed by atoms with Gasteiger partial charge in [0.25, 0.3) is 5.91 Å². The summed E-state index contributed by atoms with van der Waals surface area (Å²) in [6.45, 7) is 3.48. The monoisotopic (exact) mass is 529 g/mol. The highest BCUT2D eigenvalue weighted by atomic mass is 35.5. The number of amides is 1. The predicted octanol–water partition coefficient (Wildman–Crippen LogP) is 5.08. The SMILES string of the molecule is Cc1cccc(C(=O)O[C@@H](C(=O)O)[C@@H](OC(=O)c2cccc(C)c2)C(=O)Nc2ccc(Cl)cc2Cl)c1. The second-order valence-corrected chi connectivity index (χ2v) is 8.69. The van der Waals surface area contributed by atoms with Crippen molar-refractivity contribution in [3.05, 3.63) is 99.0 Å². The number of benzene rings is 3. The van der Waals surface area contributed by atoms with Crippen LogP contribution in [-0.4, -0.2) is 41.1 Å². The number of carboxylic acid groups (broad SMARTS) is 1. The van der Waals surface area contributed by atoms with E-state index in [1.165, 1.54) is 42.5 Å². The number of anilines is 1. The van der Waals surface area contributed by atoms with E-state index in [2.05, 4.69) is 5.32 Å². The molecule has 3 aromatic carbocycles. The summed E-state index contributed by atoms with van der Waals surface area (Å²) < 4.78 is 10.4. The van der Waals surface area contributed by atoms with Crippen molar-refractivity contribution >= 4 is 52.7 Å². The molecule has 10 heteroatoms. The molecule has 2 atom stereocenters. The second kappa shape index (κ2) is 11.7. The van der Waals surface area contributed by atoms with Crippen molar-refractivity contribution in [2.45, 2.75) is 26.1 Å². The van der Waals surface area contributed by atoms with Crippen LogP contribution in [0.3, 0.4) is 0 Å². The number of aliphatic carboxylic acids is 1. The third-order valence-electron chi connectivity index (χ3n) is 4.94. The summed E-state index contributed by atoms with van der Waals surface area (Å²) in [5.41, 5.74) is 1.68. The van der Waals surface area contributed by atoms with Crippen LogP contribution in [0.15, 0.2) is 66.7 Å². The maximum atomic E-state index is 13.2. The molecule has 0 aliphatic carbocycles. The van der Waals surface area contributed by atoms with Crippen LogP contribution in [0.4, 0.5) is 5.69 Å².